The molecule has 0 saturated carbocycles. The van der Waals surface area contributed by atoms with Gasteiger partial charge in [-0.15, -0.1) is 0 Å². The Hall–Kier alpha value is -2.30. The first-order valence-electron chi connectivity index (χ1n) is 6.63. The van der Waals surface area contributed by atoms with Crippen LogP contribution in [-0.4, -0.2) is 23.5 Å². The monoisotopic (exact) mass is 290 g/mol. The van der Waals surface area contributed by atoms with Crippen LogP contribution < -0.4 is 10.1 Å². The topological polar surface area (TPSA) is 54.1 Å². The number of rotatable bonds is 5. The van der Waals surface area contributed by atoms with Crippen LogP contribution in [-0.2, 0) is 11.2 Å². The first-order chi connectivity index (χ1) is 9.82. The molecule has 0 unspecified atom stereocenters. The molecule has 0 aliphatic carbocycles. The standard InChI is InChI=1S/C16H19FN2O2/c1-10(17)15(20)19-16(2,3)8-11-9-18-14-7-12(21-4)5-6-13(11)14/h5-7,9,18H,1,8H2,2-4H3,(H,19,20). The average molecular weight is 290 g/mol. The molecule has 1 amide bonds. The SMILES string of the molecule is C=C(F)C(=O)NC(C)(C)Cc1c[nH]c2cc(OC)ccc12. The second-order valence-corrected chi connectivity index (χ2v) is 5.65. The summed E-state index contributed by atoms with van der Waals surface area (Å²) in [6.45, 7) is 6.69. The van der Waals surface area contributed by atoms with Gasteiger partial charge < -0.3 is 15.0 Å². The fourth-order valence-corrected chi connectivity index (χ4v) is 2.33. The van der Waals surface area contributed by atoms with Crippen molar-refractivity contribution >= 4 is 16.8 Å². The summed E-state index contributed by atoms with van der Waals surface area (Å²) in [6.07, 6.45) is 2.46. The molecule has 0 aliphatic heterocycles. The number of hydrogen-bond donors (Lipinski definition) is 2. The van der Waals surface area contributed by atoms with E-state index in [0.29, 0.717) is 6.42 Å². The van der Waals surface area contributed by atoms with Crippen molar-refractivity contribution in [3.63, 3.8) is 0 Å². The number of nitrogens with one attached hydrogen (secondary N) is 2. The number of aromatic amines is 1. The van der Waals surface area contributed by atoms with E-state index in [1.807, 2.05) is 38.2 Å². The molecule has 4 nitrogen and oxygen atoms in total. The Labute approximate surface area is 123 Å². The first kappa shape index (κ1) is 15.1. The maximum absolute atomic E-state index is 12.8. The Balaban J connectivity index is 2.23. The fourth-order valence-electron chi connectivity index (χ4n) is 2.33. The molecule has 0 spiro atoms. The average Bonchev–Trinajstić information content (AvgIpc) is 2.79. The molecule has 1 heterocycles. The van der Waals surface area contributed by atoms with Crippen LogP contribution in [0.3, 0.4) is 0 Å². The van der Waals surface area contributed by atoms with Gasteiger partial charge in [-0.3, -0.25) is 4.79 Å². The van der Waals surface area contributed by atoms with Crippen LogP contribution in [0, 0.1) is 0 Å². The highest BCUT2D eigenvalue weighted by atomic mass is 19.1. The van der Waals surface area contributed by atoms with Gasteiger partial charge in [0.1, 0.15) is 5.75 Å². The van der Waals surface area contributed by atoms with E-state index in [9.17, 15) is 9.18 Å². The number of carbonyl (C=O) groups excluding carboxylic acids is 1. The molecular weight excluding hydrogens is 271 g/mol. The summed E-state index contributed by atoms with van der Waals surface area (Å²) in [5, 5.41) is 3.68. The molecule has 2 N–H and O–H groups in total. The highest BCUT2D eigenvalue weighted by Crippen LogP contribution is 2.26. The first-order valence-corrected chi connectivity index (χ1v) is 6.63. The van der Waals surface area contributed by atoms with Gasteiger partial charge in [0.05, 0.1) is 7.11 Å². The fraction of sp³-hybridized carbons (Fsp3) is 0.312. The van der Waals surface area contributed by atoms with Gasteiger partial charge in [-0.1, -0.05) is 6.58 Å². The predicted octanol–water partition coefficient (Wildman–Crippen LogP) is 3.10. The zero-order valence-electron chi connectivity index (χ0n) is 12.4. The molecule has 0 saturated heterocycles. The molecule has 112 valence electrons. The van der Waals surface area contributed by atoms with E-state index >= 15 is 0 Å². The lowest BCUT2D eigenvalue weighted by molar-refractivity contribution is -0.120. The lowest BCUT2D eigenvalue weighted by atomic mass is 9.94. The molecule has 0 bridgehead atoms. The second-order valence-electron chi connectivity index (χ2n) is 5.65. The number of benzene rings is 1. The van der Waals surface area contributed by atoms with Gasteiger partial charge in [0.25, 0.3) is 5.91 Å². The van der Waals surface area contributed by atoms with Gasteiger partial charge >= 0.3 is 0 Å². The normalized spacial score (nSPS) is 11.4. The summed E-state index contributed by atoms with van der Waals surface area (Å²) in [5.41, 5.74) is 1.42. The lowest BCUT2D eigenvalue weighted by Gasteiger charge is -2.25. The van der Waals surface area contributed by atoms with Crippen LogP contribution in [0.25, 0.3) is 10.9 Å². The zero-order valence-corrected chi connectivity index (χ0v) is 12.4. The van der Waals surface area contributed by atoms with Gasteiger partial charge in [0.15, 0.2) is 5.83 Å². The van der Waals surface area contributed by atoms with Crippen LogP contribution in [0.5, 0.6) is 5.75 Å². The number of halogens is 1. The molecule has 0 fully saturated rings. The summed E-state index contributed by atoms with van der Waals surface area (Å²) in [5.74, 6) is -0.981. The molecule has 0 atom stereocenters. The van der Waals surface area contributed by atoms with Gasteiger partial charge in [-0.05, 0) is 38.0 Å². The van der Waals surface area contributed by atoms with Gasteiger partial charge in [0, 0.05) is 28.7 Å². The third-order valence-corrected chi connectivity index (χ3v) is 3.31. The molecule has 2 aromatic rings. The number of H-pyrrole nitrogens is 1. The molecule has 1 aromatic carbocycles. The summed E-state index contributed by atoms with van der Waals surface area (Å²) in [6, 6.07) is 5.76. The van der Waals surface area contributed by atoms with E-state index in [1.54, 1.807) is 7.11 Å². The third kappa shape index (κ3) is 3.42. The van der Waals surface area contributed by atoms with Gasteiger partial charge in [-0.2, -0.15) is 0 Å². The molecule has 2 rings (SSSR count). The highest BCUT2D eigenvalue weighted by Gasteiger charge is 2.23. The largest absolute Gasteiger partial charge is 0.497 e. The van der Waals surface area contributed by atoms with E-state index in [0.717, 1.165) is 22.2 Å². The quantitative estimate of drug-likeness (QED) is 0.831. The van der Waals surface area contributed by atoms with Crippen LogP contribution in [0.1, 0.15) is 19.4 Å². The Kier molecular flexibility index (Phi) is 4.02. The Morgan fingerprint density at radius 2 is 2.19 bits per heavy atom. The van der Waals surface area contributed by atoms with Crippen LogP contribution in [0.15, 0.2) is 36.8 Å². The molecule has 21 heavy (non-hydrogen) atoms. The predicted molar refractivity (Wildman–Crippen MR) is 81.0 cm³/mol. The van der Waals surface area contributed by atoms with Crippen molar-refractivity contribution in [2.75, 3.05) is 7.11 Å². The summed E-state index contributed by atoms with van der Waals surface area (Å²) in [4.78, 5) is 14.6. The molecule has 0 radical (unpaired) electrons. The minimum atomic E-state index is -0.980. The minimum Gasteiger partial charge on any atom is -0.497 e. The van der Waals surface area contributed by atoms with E-state index in [4.69, 9.17) is 4.74 Å². The summed E-state index contributed by atoms with van der Waals surface area (Å²) < 4.78 is 18.0. The van der Waals surface area contributed by atoms with Crippen molar-refractivity contribution < 1.29 is 13.9 Å². The van der Waals surface area contributed by atoms with Crippen molar-refractivity contribution in [3.05, 3.63) is 42.4 Å². The molecule has 0 aliphatic rings. The van der Waals surface area contributed by atoms with Crippen molar-refractivity contribution in [1.82, 2.24) is 10.3 Å². The summed E-state index contributed by atoms with van der Waals surface area (Å²) >= 11 is 0. The second kappa shape index (κ2) is 5.60. The van der Waals surface area contributed by atoms with Crippen molar-refractivity contribution in [3.8, 4) is 5.75 Å². The highest BCUT2D eigenvalue weighted by molar-refractivity contribution is 5.91. The van der Waals surface area contributed by atoms with Gasteiger partial charge in [-0.25, -0.2) is 4.39 Å². The third-order valence-electron chi connectivity index (χ3n) is 3.31. The maximum atomic E-state index is 12.8. The van der Waals surface area contributed by atoms with Gasteiger partial charge in [0.2, 0.25) is 0 Å². The Bertz CT molecular complexity index is 689. The number of amides is 1. The number of hydrogen-bond acceptors (Lipinski definition) is 2. The number of aromatic nitrogens is 1. The van der Waals surface area contributed by atoms with Crippen LogP contribution in [0.4, 0.5) is 4.39 Å². The lowest BCUT2D eigenvalue weighted by Crippen LogP contribution is -2.45. The van der Waals surface area contributed by atoms with Crippen LogP contribution >= 0.6 is 0 Å². The molecular formula is C16H19FN2O2. The number of methoxy groups -OCH3 is 1. The van der Waals surface area contributed by atoms with Crippen molar-refractivity contribution in [2.24, 2.45) is 0 Å². The van der Waals surface area contributed by atoms with E-state index in [1.165, 1.54) is 0 Å². The van der Waals surface area contributed by atoms with Crippen molar-refractivity contribution in [1.29, 1.82) is 0 Å². The smallest absolute Gasteiger partial charge is 0.279 e. The van der Waals surface area contributed by atoms with E-state index in [-0.39, 0.29) is 0 Å². The Morgan fingerprint density at radius 1 is 1.48 bits per heavy atom. The number of ether oxygens (including phenoxy) is 1. The Morgan fingerprint density at radius 3 is 2.81 bits per heavy atom. The zero-order chi connectivity index (χ0) is 15.6. The maximum Gasteiger partial charge on any atom is 0.279 e. The van der Waals surface area contributed by atoms with E-state index < -0.39 is 17.3 Å². The minimum absolute atomic E-state index is 0.568. The molecule has 1 aromatic heterocycles. The summed E-state index contributed by atoms with van der Waals surface area (Å²) in [7, 11) is 1.62. The van der Waals surface area contributed by atoms with Crippen molar-refractivity contribution in [2.45, 2.75) is 25.8 Å². The molecule has 5 heteroatoms. The van der Waals surface area contributed by atoms with E-state index in [2.05, 4.69) is 16.9 Å². The number of fused-ring (bicyclic) bond motifs is 1. The van der Waals surface area contributed by atoms with Crippen LogP contribution in [0.2, 0.25) is 0 Å². The number of carbonyl (C=O) groups is 1.